The number of carbonyl (C=O) groups is 1. The smallest absolute Gasteiger partial charge is 0.319 e. The van der Waals surface area contributed by atoms with E-state index in [1.165, 1.54) is 11.9 Å². The summed E-state index contributed by atoms with van der Waals surface area (Å²) in [6.07, 6.45) is 3.42. The van der Waals surface area contributed by atoms with E-state index in [1.54, 1.807) is 12.4 Å². The molecule has 166 valence electrons. The number of urea groups is 1. The summed E-state index contributed by atoms with van der Waals surface area (Å²) in [5.74, 6) is 0. The molecule has 2 amide bonds. The molecule has 3 aromatic carbocycles. The van der Waals surface area contributed by atoms with Gasteiger partial charge in [0.25, 0.3) is 0 Å². The van der Waals surface area contributed by atoms with E-state index in [0.717, 1.165) is 27.1 Å². The fourth-order valence-corrected chi connectivity index (χ4v) is 3.68. The molecular formula is C26H24N4O2S. The molecule has 3 N–H and O–H groups in total. The normalized spacial score (nSPS) is 10.5. The number of hydrogen-bond donors (Lipinski definition) is 3. The van der Waals surface area contributed by atoms with Crippen molar-refractivity contribution in [3.05, 3.63) is 115 Å². The zero-order valence-electron chi connectivity index (χ0n) is 17.9. The van der Waals surface area contributed by atoms with Gasteiger partial charge < -0.3 is 10.6 Å². The molecule has 33 heavy (non-hydrogen) atoms. The number of pyridine rings is 1. The van der Waals surface area contributed by atoms with Crippen LogP contribution in [0.15, 0.2) is 108 Å². The molecular weight excluding hydrogens is 432 g/mol. The molecule has 0 radical (unpaired) electrons. The molecule has 0 unspecified atom stereocenters. The van der Waals surface area contributed by atoms with Gasteiger partial charge in [-0.25, -0.2) is 4.79 Å². The molecule has 4 aromatic rings. The van der Waals surface area contributed by atoms with Gasteiger partial charge >= 0.3 is 6.03 Å². The third-order valence-corrected chi connectivity index (χ3v) is 5.55. The second kappa shape index (κ2) is 11.8. The first kappa shape index (κ1) is 22.5. The molecule has 0 bridgehead atoms. The number of benzene rings is 3. The van der Waals surface area contributed by atoms with Gasteiger partial charge in [-0.1, -0.05) is 60.7 Å². The summed E-state index contributed by atoms with van der Waals surface area (Å²) in [7, 11) is 0. The number of aromatic nitrogens is 1. The van der Waals surface area contributed by atoms with Crippen molar-refractivity contribution < 1.29 is 9.63 Å². The number of anilines is 1. The average molecular weight is 457 g/mol. The molecule has 1 heterocycles. The van der Waals surface area contributed by atoms with E-state index < -0.39 is 0 Å². The minimum Gasteiger partial charge on any atom is -0.334 e. The molecule has 7 heteroatoms. The summed E-state index contributed by atoms with van der Waals surface area (Å²) in [6, 6.07) is 29.5. The quantitative estimate of drug-likeness (QED) is 0.169. The lowest BCUT2D eigenvalue weighted by Gasteiger charge is -2.11. The molecule has 4 rings (SSSR count). The standard InChI is InChI=1S/C26H24N4O2S/c31-26(28-18-20-7-6-16-27-17-20)29-23-12-14-24(15-13-23)33-30-32-19-22-10-4-5-11-25(22)21-8-2-1-3-9-21/h1-17,30H,18-19H2,(H2,28,29,31). The van der Waals surface area contributed by atoms with Crippen molar-refractivity contribution in [3.8, 4) is 11.1 Å². The van der Waals surface area contributed by atoms with Crippen LogP contribution in [0.4, 0.5) is 10.5 Å². The van der Waals surface area contributed by atoms with E-state index in [9.17, 15) is 4.79 Å². The molecule has 0 spiro atoms. The molecule has 0 aliphatic carbocycles. The lowest BCUT2D eigenvalue weighted by atomic mass is 10.0. The minimum absolute atomic E-state index is 0.266. The topological polar surface area (TPSA) is 75.3 Å². The lowest BCUT2D eigenvalue weighted by molar-refractivity contribution is 0.0874. The zero-order valence-corrected chi connectivity index (χ0v) is 18.7. The third kappa shape index (κ3) is 6.92. The van der Waals surface area contributed by atoms with Crippen LogP contribution in [0.2, 0.25) is 0 Å². The van der Waals surface area contributed by atoms with Crippen LogP contribution in [0.3, 0.4) is 0 Å². The zero-order chi connectivity index (χ0) is 22.7. The van der Waals surface area contributed by atoms with E-state index in [4.69, 9.17) is 4.84 Å². The van der Waals surface area contributed by atoms with Gasteiger partial charge in [-0.05, 0) is 64.5 Å². The Morgan fingerprint density at radius 1 is 0.879 bits per heavy atom. The maximum atomic E-state index is 12.1. The third-order valence-electron chi connectivity index (χ3n) is 4.84. The first-order chi connectivity index (χ1) is 16.3. The van der Waals surface area contributed by atoms with E-state index in [0.29, 0.717) is 18.8 Å². The Hall–Kier alpha value is -3.65. The van der Waals surface area contributed by atoms with Gasteiger partial charge in [0.1, 0.15) is 0 Å². The summed E-state index contributed by atoms with van der Waals surface area (Å²) >= 11 is 1.37. The summed E-state index contributed by atoms with van der Waals surface area (Å²) in [6.45, 7) is 0.858. The number of hydrogen-bond acceptors (Lipinski definition) is 5. The molecule has 0 saturated heterocycles. The number of amides is 2. The fraction of sp³-hybridized carbons (Fsp3) is 0.0769. The highest BCUT2D eigenvalue weighted by molar-refractivity contribution is 7.97. The van der Waals surface area contributed by atoms with E-state index in [-0.39, 0.29) is 6.03 Å². The van der Waals surface area contributed by atoms with Gasteiger partial charge in [-0.2, -0.15) is 0 Å². The lowest BCUT2D eigenvalue weighted by Crippen LogP contribution is -2.28. The van der Waals surface area contributed by atoms with Gasteiger partial charge in [-0.3, -0.25) is 9.82 Å². The molecule has 0 atom stereocenters. The van der Waals surface area contributed by atoms with Crippen molar-refractivity contribution in [2.24, 2.45) is 0 Å². The van der Waals surface area contributed by atoms with Gasteiger partial charge in [0.2, 0.25) is 0 Å². The highest BCUT2D eigenvalue weighted by atomic mass is 32.2. The molecule has 0 saturated carbocycles. The van der Waals surface area contributed by atoms with Crippen molar-refractivity contribution in [1.82, 2.24) is 15.2 Å². The van der Waals surface area contributed by atoms with Crippen molar-refractivity contribution in [2.45, 2.75) is 18.0 Å². The molecule has 0 fully saturated rings. The monoisotopic (exact) mass is 456 g/mol. The van der Waals surface area contributed by atoms with Crippen LogP contribution in [0.5, 0.6) is 0 Å². The molecule has 1 aromatic heterocycles. The Morgan fingerprint density at radius 3 is 2.45 bits per heavy atom. The van der Waals surface area contributed by atoms with Crippen LogP contribution in [0.1, 0.15) is 11.1 Å². The second-order valence-electron chi connectivity index (χ2n) is 7.19. The van der Waals surface area contributed by atoms with Crippen LogP contribution in [0, 0.1) is 0 Å². The first-order valence-corrected chi connectivity index (χ1v) is 11.3. The summed E-state index contributed by atoms with van der Waals surface area (Å²) in [5, 5.41) is 5.63. The van der Waals surface area contributed by atoms with Crippen molar-refractivity contribution in [3.63, 3.8) is 0 Å². The summed E-state index contributed by atoms with van der Waals surface area (Å²) in [4.78, 5) is 25.7. The van der Waals surface area contributed by atoms with Gasteiger partial charge in [0.15, 0.2) is 0 Å². The fourth-order valence-electron chi connectivity index (χ4n) is 3.20. The number of nitrogens with one attached hydrogen (secondary N) is 3. The number of carbonyl (C=O) groups excluding carboxylic acids is 1. The van der Waals surface area contributed by atoms with E-state index in [1.807, 2.05) is 66.7 Å². The minimum atomic E-state index is -0.266. The number of rotatable bonds is 9. The van der Waals surface area contributed by atoms with Crippen LogP contribution < -0.4 is 15.5 Å². The largest absolute Gasteiger partial charge is 0.334 e. The Morgan fingerprint density at radius 2 is 1.67 bits per heavy atom. The Balaban J connectivity index is 1.22. The SMILES string of the molecule is O=C(NCc1cccnc1)Nc1ccc(SNOCc2ccccc2-c2ccccc2)cc1. The second-order valence-corrected chi connectivity index (χ2v) is 8.03. The molecule has 0 aliphatic rings. The maximum absolute atomic E-state index is 12.1. The number of nitrogens with zero attached hydrogens (tertiary/aromatic N) is 1. The Kier molecular flexibility index (Phi) is 8.08. The van der Waals surface area contributed by atoms with Crippen LogP contribution in [-0.4, -0.2) is 11.0 Å². The molecule has 6 nitrogen and oxygen atoms in total. The highest BCUT2D eigenvalue weighted by Gasteiger charge is 2.05. The maximum Gasteiger partial charge on any atom is 0.319 e. The van der Waals surface area contributed by atoms with Crippen LogP contribution in [-0.2, 0) is 18.0 Å². The highest BCUT2D eigenvalue weighted by Crippen LogP contribution is 2.24. The van der Waals surface area contributed by atoms with Crippen LogP contribution >= 0.6 is 11.9 Å². The van der Waals surface area contributed by atoms with Crippen molar-refractivity contribution in [2.75, 3.05) is 5.32 Å². The van der Waals surface area contributed by atoms with Crippen molar-refractivity contribution in [1.29, 1.82) is 0 Å². The Labute approximate surface area is 197 Å². The predicted molar refractivity (Wildman–Crippen MR) is 132 cm³/mol. The van der Waals surface area contributed by atoms with E-state index >= 15 is 0 Å². The predicted octanol–water partition coefficient (Wildman–Crippen LogP) is 5.80. The van der Waals surface area contributed by atoms with Crippen LogP contribution in [0.25, 0.3) is 11.1 Å². The summed E-state index contributed by atoms with van der Waals surface area (Å²) in [5.41, 5.74) is 5.07. The summed E-state index contributed by atoms with van der Waals surface area (Å²) < 4.78 is 0. The van der Waals surface area contributed by atoms with Gasteiger partial charge in [-0.15, -0.1) is 4.89 Å². The Bertz CT molecular complexity index is 1160. The average Bonchev–Trinajstić information content (AvgIpc) is 2.88. The van der Waals surface area contributed by atoms with Gasteiger partial charge in [0.05, 0.1) is 6.61 Å². The molecule has 0 aliphatic heterocycles. The van der Waals surface area contributed by atoms with E-state index in [2.05, 4.69) is 44.8 Å². The first-order valence-electron chi connectivity index (χ1n) is 10.5. The van der Waals surface area contributed by atoms with Gasteiger partial charge in [0, 0.05) is 29.5 Å². The van der Waals surface area contributed by atoms with Crippen molar-refractivity contribution >= 4 is 23.7 Å².